The van der Waals surface area contributed by atoms with E-state index in [2.05, 4.69) is 10.3 Å². The molecule has 0 saturated carbocycles. The number of amides is 1. The van der Waals surface area contributed by atoms with Gasteiger partial charge < -0.3 is 5.32 Å². The van der Waals surface area contributed by atoms with Gasteiger partial charge in [-0.1, -0.05) is 6.07 Å². The van der Waals surface area contributed by atoms with Gasteiger partial charge in [0.2, 0.25) is 5.95 Å². The minimum atomic E-state index is -0.877. The van der Waals surface area contributed by atoms with Gasteiger partial charge in [-0.15, -0.1) is 0 Å². The molecule has 0 aliphatic rings. The summed E-state index contributed by atoms with van der Waals surface area (Å²) >= 11 is 0. The highest BCUT2D eigenvalue weighted by Gasteiger charge is 2.18. The van der Waals surface area contributed by atoms with Crippen molar-refractivity contribution in [2.75, 3.05) is 5.32 Å². The second kappa shape index (κ2) is 5.39. The maximum absolute atomic E-state index is 13.1. The third kappa shape index (κ3) is 2.91. The van der Waals surface area contributed by atoms with Crippen LogP contribution in [0.1, 0.15) is 10.5 Å². The number of hydrogen-bond donors (Lipinski definition) is 1. The molecule has 0 bridgehead atoms. The van der Waals surface area contributed by atoms with E-state index in [9.17, 15) is 23.7 Å². The Labute approximate surface area is 111 Å². The maximum atomic E-state index is 13.1. The van der Waals surface area contributed by atoms with Crippen LogP contribution >= 0.6 is 0 Å². The van der Waals surface area contributed by atoms with E-state index in [1.807, 2.05) is 0 Å². The number of pyridine rings is 1. The van der Waals surface area contributed by atoms with E-state index < -0.39 is 28.3 Å². The van der Waals surface area contributed by atoms with Gasteiger partial charge in [-0.05, 0) is 18.2 Å². The van der Waals surface area contributed by atoms with E-state index in [-0.39, 0.29) is 11.4 Å². The molecule has 1 aromatic heterocycles. The molecule has 1 heterocycles. The largest absolute Gasteiger partial charge is 0.315 e. The van der Waals surface area contributed by atoms with Crippen LogP contribution < -0.4 is 5.32 Å². The molecule has 0 atom stereocenters. The fraction of sp³-hybridized carbons (Fsp3) is 0. The van der Waals surface area contributed by atoms with Gasteiger partial charge in [0.05, 0.1) is 4.92 Å². The van der Waals surface area contributed by atoms with Crippen LogP contribution in [-0.4, -0.2) is 15.8 Å². The lowest BCUT2D eigenvalue weighted by Gasteiger charge is -2.05. The third-order valence-corrected chi connectivity index (χ3v) is 2.35. The highest BCUT2D eigenvalue weighted by Crippen LogP contribution is 2.25. The van der Waals surface area contributed by atoms with Gasteiger partial charge >= 0.3 is 0 Å². The van der Waals surface area contributed by atoms with Gasteiger partial charge in [-0.2, -0.15) is 4.39 Å². The number of hydrogen-bond acceptors (Lipinski definition) is 4. The molecular formula is C12H7F2N3O3. The lowest BCUT2D eigenvalue weighted by atomic mass is 10.2. The topological polar surface area (TPSA) is 85.1 Å². The molecule has 0 unspecified atom stereocenters. The first-order chi connectivity index (χ1) is 9.47. The number of carbonyl (C=O) groups is 1. The minimum Gasteiger partial charge on any atom is -0.315 e. The summed E-state index contributed by atoms with van der Waals surface area (Å²) in [5.74, 6) is -2.50. The fourth-order valence-corrected chi connectivity index (χ4v) is 1.49. The van der Waals surface area contributed by atoms with E-state index in [0.29, 0.717) is 0 Å². The quantitative estimate of drug-likeness (QED) is 0.531. The van der Waals surface area contributed by atoms with Crippen molar-refractivity contribution in [3.05, 3.63) is 64.0 Å². The number of rotatable bonds is 3. The summed E-state index contributed by atoms with van der Waals surface area (Å²) in [5.41, 5.74) is -1.08. The van der Waals surface area contributed by atoms with E-state index in [1.54, 1.807) is 0 Å². The Morgan fingerprint density at radius 2 is 2.00 bits per heavy atom. The summed E-state index contributed by atoms with van der Waals surface area (Å²) in [5, 5.41) is 12.9. The number of benzene rings is 1. The van der Waals surface area contributed by atoms with Crippen molar-refractivity contribution in [1.82, 2.24) is 4.98 Å². The first-order valence-electron chi connectivity index (χ1n) is 5.35. The highest BCUT2D eigenvalue weighted by molar-refractivity contribution is 6.04. The Morgan fingerprint density at radius 1 is 1.25 bits per heavy atom. The van der Waals surface area contributed by atoms with Gasteiger partial charge in [-0.25, -0.2) is 9.37 Å². The smallest absolute Gasteiger partial charge is 0.292 e. The molecule has 0 radical (unpaired) electrons. The van der Waals surface area contributed by atoms with Gasteiger partial charge in [0, 0.05) is 12.1 Å². The molecule has 1 aromatic carbocycles. The van der Waals surface area contributed by atoms with E-state index in [4.69, 9.17) is 0 Å². The second-order valence-electron chi connectivity index (χ2n) is 3.72. The number of anilines is 1. The number of halogens is 2. The van der Waals surface area contributed by atoms with Gasteiger partial charge in [0.25, 0.3) is 11.6 Å². The molecule has 2 rings (SSSR count). The molecule has 0 aliphatic carbocycles. The summed E-state index contributed by atoms with van der Waals surface area (Å²) in [6.45, 7) is 0. The fourth-order valence-electron chi connectivity index (χ4n) is 1.49. The van der Waals surface area contributed by atoms with Crippen molar-refractivity contribution in [3.8, 4) is 0 Å². The van der Waals surface area contributed by atoms with Crippen molar-refractivity contribution in [2.24, 2.45) is 0 Å². The van der Waals surface area contributed by atoms with Gasteiger partial charge in [0.1, 0.15) is 17.2 Å². The molecular weight excluding hydrogens is 272 g/mol. The number of aromatic nitrogens is 1. The molecule has 20 heavy (non-hydrogen) atoms. The number of nitrogens with zero attached hydrogens (tertiary/aromatic N) is 2. The van der Waals surface area contributed by atoms with Crippen LogP contribution in [0.25, 0.3) is 0 Å². The van der Waals surface area contributed by atoms with Crippen LogP contribution in [0, 0.1) is 21.9 Å². The summed E-state index contributed by atoms with van der Waals surface area (Å²) in [7, 11) is 0. The van der Waals surface area contributed by atoms with Crippen molar-refractivity contribution >= 4 is 17.3 Å². The van der Waals surface area contributed by atoms with Crippen LogP contribution in [0.3, 0.4) is 0 Å². The third-order valence-electron chi connectivity index (χ3n) is 2.35. The second-order valence-corrected chi connectivity index (χ2v) is 3.72. The maximum Gasteiger partial charge on any atom is 0.292 e. The standard InChI is InChI=1S/C12H7F2N3O3/c13-7-4-5-10(17(19)20)9(6-7)16-12(18)8-2-1-3-11(14)15-8/h1-6H,(H,16,18). The SMILES string of the molecule is O=C(Nc1cc(F)ccc1[N+](=O)[O-])c1cccc(F)n1. The molecule has 102 valence electrons. The summed E-state index contributed by atoms with van der Waals surface area (Å²) in [6.07, 6.45) is 0. The molecule has 6 nitrogen and oxygen atoms in total. The predicted molar refractivity (Wildman–Crippen MR) is 65.2 cm³/mol. The van der Waals surface area contributed by atoms with E-state index >= 15 is 0 Å². The molecule has 0 fully saturated rings. The molecule has 1 N–H and O–H groups in total. The van der Waals surface area contributed by atoms with E-state index in [0.717, 1.165) is 24.3 Å². The first kappa shape index (κ1) is 13.5. The summed E-state index contributed by atoms with van der Waals surface area (Å²) in [4.78, 5) is 25.1. The lowest BCUT2D eigenvalue weighted by molar-refractivity contribution is -0.384. The average molecular weight is 279 g/mol. The predicted octanol–water partition coefficient (Wildman–Crippen LogP) is 2.52. The Bertz CT molecular complexity index is 691. The highest BCUT2D eigenvalue weighted by atomic mass is 19.1. The Morgan fingerprint density at radius 3 is 2.65 bits per heavy atom. The number of nitro groups is 1. The number of carbonyl (C=O) groups excluding carboxylic acids is 1. The lowest BCUT2D eigenvalue weighted by Crippen LogP contribution is -2.15. The van der Waals surface area contributed by atoms with Crippen molar-refractivity contribution in [1.29, 1.82) is 0 Å². The molecule has 0 spiro atoms. The first-order valence-corrected chi connectivity index (χ1v) is 5.35. The molecule has 0 aliphatic heterocycles. The van der Waals surface area contributed by atoms with Gasteiger partial charge in [0.15, 0.2) is 0 Å². The van der Waals surface area contributed by atoms with Crippen molar-refractivity contribution in [3.63, 3.8) is 0 Å². The van der Waals surface area contributed by atoms with Crippen LogP contribution in [-0.2, 0) is 0 Å². The van der Waals surface area contributed by atoms with Crippen LogP contribution in [0.4, 0.5) is 20.2 Å². The minimum absolute atomic E-state index is 0.274. The summed E-state index contributed by atoms with van der Waals surface area (Å²) in [6, 6.07) is 6.15. The Hall–Kier alpha value is -2.90. The number of nitro benzene ring substituents is 1. The monoisotopic (exact) mass is 279 g/mol. The zero-order valence-corrected chi connectivity index (χ0v) is 9.84. The average Bonchev–Trinajstić information content (AvgIpc) is 2.38. The molecule has 8 heteroatoms. The van der Waals surface area contributed by atoms with Crippen LogP contribution in [0.15, 0.2) is 36.4 Å². The van der Waals surface area contributed by atoms with Crippen LogP contribution in [0.2, 0.25) is 0 Å². The van der Waals surface area contributed by atoms with Crippen molar-refractivity contribution in [2.45, 2.75) is 0 Å². The Kier molecular flexibility index (Phi) is 3.65. The number of nitrogens with one attached hydrogen (secondary N) is 1. The zero-order valence-electron chi connectivity index (χ0n) is 9.84. The Balaban J connectivity index is 2.32. The van der Waals surface area contributed by atoms with Crippen molar-refractivity contribution < 1.29 is 18.5 Å². The van der Waals surface area contributed by atoms with Gasteiger partial charge in [-0.3, -0.25) is 14.9 Å². The molecule has 0 saturated heterocycles. The molecule has 2 aromatic rings. The zero-order chi connectivity index (χ0) is 14.7. The molecule has 1 amide bonds. The normalized spacial score (nSPS) is 10.1. The van der Waals surface area contributed by atoms with E-state index in [1.165, 1.54) is 12.1 Å². The van der Waals surface area contributed by atoms with Crippen LogP contribution in [0.5, 0.6) is 0 Å². The summed E-state index contributed by atoms with van der Waals surface area (Å²) < 4.78 is 26.0.